The lowest BCUT2D eigenvalue weighted by Gasteiger charge is -2.19. The highest BCUT2D eigenvalue weighted by Gasteiger charge is 2.25. The van der Waals surface area contributed by atoms with Crippen molar-refractivity contribution in [3.05, 3.63) is 50.4 Å². The summed E-state index contributed by atoms with van der Waals surface area (Å²) in [5, 5.41) is 5.25. The Morgan fingerprint density at radius 3 is 2.65 bits per heavy atom. The maximum Gasteiger partial charge on any atom is 0.330 e. The molecule has 10 nitrogen and oxygen atoms in total. The molecule has 11 heteroatoms. The molecule has 3 aromatic rings. The standard InChI is InChI=1S/C20H26N6O4S/c1-3-5-9-26-18-17(19(27)23-20(26)28)25(4-2)16(22-18)12-24-10-8-13-11-14(31(21,29)30)6-7-15(13)24/h6-7,11H,3-5,8-10,12H2,1-2H3,(H2,21,29,30)(H,23,27,28). The van der Waals surface area contributed by atoms with Crippen LogP contribution in [0.15, 0.2) is 32.7 Å². The normalized spacial score (nSPS) is 13.8. The van der Waals surface area contributed by atoms with Crippen LogP contribution in [0.3, 0.4) is 0 Å². The molecule has 1 aliphatic rings. The van der Waals surface area contributed by atoms with Crippen LogP contribution in [0.2, 0.25) is 0 Å². The van der Waals surface area contributed by atoms with Crippen LogP contribution in [0, 0.1) is 0 Å². The first kappa shape index (κ1) is 21.3. The lowest BCUT2D eigenvalue weighted by atomic mass is 10.2. The quantitative estimate of drug-likeness (QED) is 0.554. The van der Waals surface area contributed by atoms with Crippen molar-refractivity contribution in [3.8, 4) is 0 Å². The average Bonchev–Trinajstić information content (AvgIpc) is 3.28. The first-order chi connectivity index (χ1) is 14.7. The summed E-state index contributed by atoms with van der Waals surface area (Å²) in [6, 6.07) is 4.87. The van der Waals surface area contributed by atoms with Gasteiger partial charge in [-0.3, -0.25) is 14.3 Å². The zero-order chi connectivity index (χ0) is 22.3. The smallest absolute Gasteiger partial charge is 0.330 e. The number of primary sulfonamides is 1. The molecule has 0 saturated heterocycles. The van der Waals surface area contributed by atoms with Crippen LogP contribution in [0.25, 0.3) is 11.2 Å². The topological polar surface area (TPSA) is 136 Å². The van der Waals surface area contributed by atoms with Crippen LogP contribution in [0.4, 0.5) is 5.69 Å². The van der Waals surface area contributed by atoms with E-state index in [2.05, 4.69) is 9.88 Å². The Bertz CT molecular complexity index is 1370. The number of hydrogen-bond acceptors (Lipinski definition) is 6. The molecular weight excluding hydrogens is 420 g/mol. The summed E-state index contributed by atoms with van der Waals surface area (Å²) in [5.74, 6) is 0.683. The molecule has 0 spiro atoms. The van der Waals surface area contributed by atoms with Crippen molar-refractivity contribution in [3.63, 3.8) is 0 Å². The van der Waals surface area contributed by atoms with Gasteiger partial charge in [0.05, 0.1) is 11.4 Å². The molecular formula is C20H26N6O4S. The minimum absolute atomic E-state index is 0.0976. The number of unbranched alkanes of at least 4 members (excludes halogenated alkanes) is 1. The maximum atomic E-state index is 12.6. The number of H-pyrrole nitrogens is 1. The van der Waals surface area contributed by atoms with Gasteiger partial charge in [0.1, 0.15) is 5.82 Å². The number of anilines is 1. The number of nitrogens with zero attached hydrogens (tertiary/aromatic N) is 4. The molecule has 0 amide bonds. The van der Waals surface area contributed by atoms with Crippen molar-refractivity contribution in [2.75, 3.05) is 11.4 Å². The van der Waals surface area contributed by atoms with Gasteiger partial charge in [-0.05, 0) is 43.5 Å². The molecule has 0 aliphatic carbocycles. The van der Waals surface area contributed by atoms with E-state index in [4.69, 9.17) is 10.1 Å². The molecule has 0 radical (unpaired) electrons. The van der Waals surface area contributed by atoms with E-state index < -0.39 is 21.3 Å². The fourth-order valence-electron chi connectivity index (χ4n) is 4.16. The molecule has 0 saturated carbocycles. The second kappa shape index (κ2) is 7.97. The highest BCUT2D eigenvalue weighted by molar-refractivity contribution is 7.89. The zero-order valence-electron chi connectivity index (χ0n) is 17.6. The summed E-state index contributed by atoms with van der Waals surface area (Å²) >= 11 is 0. The molecule has 4 rings (SSSR count). The number of rotatable bonds is 7. The zero-order valence-corrected chi connectivity index (χ0v) is 18.4. The highest BCUT2D eigenvalue weighted by Crippen LogP contribution is 2.31. The number of aromatic nitrogens is 4. The predicted molar refractivity (Wildman–Crippen MR) is 118 cm³/mol. The van der Waals surface area contributed by atoms with Crippen molar-refractivity contribution >= 4 is 26.9 Å². The van der Waals surface area contributed by atoms with E-state index >= 15 is 0 Å². The van der Waals surface area contributed by atoms with Crippen LogP contribution in [-0.2, 0) is 36.1 Å². The first-order valence-corrected chi connectivity index (χ1v) is 11.9. The van der Waals surface area contributed by atoms with Crippen LogP contribution < -0.4 is 21.3 Å². The van der Waals surface area contributed by atoms with E-state index in [-0.39, 0.29) is 4.90 Å². The molecule has 3 heterocycles. The first-order valence-electron chi connectivity index (χ1n) is 10.4. The van der Waals surface area contributed by atoms with Crippen LogP contribution in [-0.4, -0.2) is 34.1 Å². The molecule has 166 valence electrons. The number of benzene rings is 1. The Labute approximate surface area is 179 Å². The van der Waals surface area contributed by atoms with Crippen LogP contribution in [0.5, 0.6) is 0 Å². The van der Waals surface area contributed by atoms with E-state index in [0.29, 0.717) is 49.6 Å². The van der Waals surface area contributed by atoms with Gasteiger partial charge in [0, 0.05) is 25.3 Å². The molecule has 0 bridgehead atoms. The lowest BCUT2D eigenvalue weighted by Crippen LogP contribution is -2.31. The van der Waals surface area contributed by atoms with Gasteiger partial charge in [-0.15, -0.1) is 0 Å². The monoisotopic (exact) mass is 446 g/mol. The number of nitrogens with two attached hydrogens (primary N) is 1. The van der Waals surface area contributed by atoms with E-state index in [0.717, 1.165) is 24.1 Å². The van der Waals surface area contributed by atoms with Crippen molar-refractivity contribution in [1.29, 1.82) is 0 Å². The third kappa shape index (κ3) is 3.79. The van der Waals surface area contributed by atoms with E-state index in [9.17, 15) is 18.0 Å². The number of fused-ring (bicyclic) bond motifs is 2. The molecule has 3 N–H and O–H groups in total. The van der Waals surface area contributed by atoms with Gasteiger partial charge in [-0.1, -0.05) is 13.3 Å². The van der Waals surface area contributed by atoms with Gasteiger partial charge in [-0.25, -0.2) is 23.3 Å². The Kier molecular flexibility index (Phi) is 5.48. The molecule has 0 atom stereocenters. The summed E-state index contributed by atoms with van der Waals surface area (Å²) in [5.41, 5.74) is 1.75. The second-order valence-corrected chi connectivity index (χ2v) is 9.28. The SMILES string of the molecule is CCCCn1c(=O)[nH]c(=O)c2c1nc(CN1CCc3cc(S(N)(=O)=O)ccc31)n2CC. The Hall–Kier alpha value is -2.92. The Balaban J connectivity index is 1.76. The lowest BCUT2D eigenvalue weighted by molar-refractivity contribution is 0.597. The van der Waals surface area contributed by atoms with Crippen molar-refractivity contribution in [2.45, 2.75) is 57.6 Å². The minimum atomic E-state index is -3.76. The van der Waals surface area contributed by atoms with Gasteiger partial charge in [0.15, 0.2) is 11.2 Å². The van der Waals surface area contributed by atoms with E-state index in [1.807, 2.05) is 18.4 Å². The van der Waals surface area contributed by atoms with Crippen LogP contribution in [0.1, 0.15) is 38.1 Å². The Morgan fingerprint density at radius 2 is 1.97 bits per heavy atom. The summed E-state index contributed by atoms with van der Waals surface area (Å²) in [7, 11) is -3.76. The molecule has 2 aromatic heterocycles. The van der Waals surface area contributed by atoms with Crippen molar-refractivity contribution in [1.82, 2.24) is 19.1 Å². The van der Waals surface area contributed by atoms with Crippen molar-refractivity contribution < 1.29 is 8.42 Å². The molecule has 1 aromatic carbocycles. The highest BCUT2D eigenvalue weighted by atomic mass is 32.2. The maximum absolute atomic E-state index is 12.6. The minimum Gasteiger partial charge on any atom is -0.363 e. The van der Waals surface area contributed by atoms with Gasteiger partial charge >= 0.3 is 5.69 Å². The number of nitrogens with one attached hydrogen (secondary N) is 1. The van der Waals surface area contributed by atoms with Crippen LogP contribution >= 0.6 is 0 Å². The number of sulfonamides is 1. The largest absolute Gasteiger partial charge is 0.363 e. The summed E-state index contributed by atoms with van der Waals surface area (Å²) in [6.45, 7) is 6.12. The molecule has 0 unspecified atom stereocenters. The summed E-state index contributed by atoms with van der Waals surface area (Å²) < 4.78 is 26.7. The second-order valence-electron chi connectivity index (χ2n) is 7.72. The third-order valence-electron chi connectivity index (χ3n) is 5.72. The van der Waals surface area contributed by atoms with E-state index in [1.54, 1.807) is 12.1 Å². The third-order valence-corrected chi connectivity index (χ3v) is 6.63. The van der Waals surface area contributed by atoms with Gasteiger partial charge in [-0.2, -0.15) is 0 Å². The summed E-state index contributed by atoms with van der Waals surface area (Å²) in [6.07, 6.45) is 2.41. The van der Waals surface area contributed by atoms with Crippen molar-refractivity contribution in [2.24, 2.45) is 5.14 Å². The number of aromatic amines is 1. The number of imidazole rings is 1. The van der Waals surface area contributed by atoms with Gasteiger partial charge < -0.3 is 9.47 Å². The fraction of sp³-hybridized carbons (Fsp3) is 0.450. The number of aryl methyl sites for hydroxylation is 2. The Morgan fingerprint density at radius 1 is 1.19 bits per heavy atom. The average molecular weight is 447 g/mol. The molecule has 31 heavy (non-hydrogen) atoms. The predicted octanol–water partition coefficient (Wildman–Crippen LogP) is 0.916. The summed E-state index contributed by atoms with van der Waals surface area (Å²) in [4.78, 5) is 34.3. The molecule has 1 aliphatic heterocycles. The van der Waals surface area contributed by atoms with E-state index in [1.165, 1.54) is 10.6 Å². The van der Waals surface area contributed by atoms with Gasteiger partial charge in [0.25, 0.3) is 5.56 Å². The fourth-order valence-corrected chi connectivity index (χ4v) is 4.73. The van der Waals surface area contributed by atoms with Gasteiger partial charge in [0.2, 0.25) is 10.0 Å². The number of hydrogen-bond donors (Lipinski definition) is 2. The molecule has 0 fully saturated rings.